The molecule has 0 aliphatic heterocycles. The summed E-state index contributed by atoms with van der Waals surface area (Å²) in [5.41, 5.74) is 3.21. The fourth-order valence-electron chi connectivity index (χ4n) is 2.82. The molecule has 0 bridgehead atoms. The number of imidazole rings is 1. The number of nitrogens with zero attached hydrogens (tertiary/aromatic N) is 2. The Balaban J connectivity index is 1.86. The van der Waals surface area contributed by atoms with Gasteiger partial charge < -0.3 is 4.57 Å². The van der Waals surface area contributed by atoms with Gasteiger partial charge in [0.05, 0.1) is 12.2 Å². The first-order valence-corrected chi connectivity index (χ1v) is 7.78. The molecule has 1 heterocycles. The molecule has 1 aromatic carbocycles. The molecule has 0 radical (unpaired) electrons. The standard InChI is InChI=1S/C16H17BrN2O/c1-11-18-14-4-2-3-5-15(14)19(11)10-16(20)12-6-8-13(17)9-7-12/h6-9H,2-5,10H2,1H3. The van der Waals surface area contributed by atoms with Crippen LogP contribution in [0.5, 0.6) is 0 Å². The van der Waals surface area contributed by atoms with Crippen molar-refractivity contribution in [2.45, 2.75) is 39.2 Å². The van der Waals surface area contributed by atoms with Gasteiger partial charge >= 0.3 is 0 Å². The Labute approximate surface area is 127 Å². The van der Waals surface area contributed by atoms with E-state index in [4.69, 9.17) is 0 Å². The Morgan fingerprint density at radius 1 is 1.25 bits per heavy atom. The number of rotatable bonds is 3. The van der Waals surface area contributed by atoms with E-state index < -0.39 is 0 Å². The molecule has 1 aromatic heterocycles. The maximum Gasteiger partial charge on any atom is 0.182 e. The fourth-order valence-corrected chi connectivity index (χ4v) is 3.08. The predicted octanol–water partition coefficient (Wildman–Crippen LogP) is 3.72. The van der Waals surface area contributed by atoms with Crippen LogP contribution < -0.4 is 0 Å². The fraction of sp³-hybridized carbons (Fsp3) is 0.375. The minimum Gasteiger partial charge on any atom is -0.324 e. The third-order valence-electron chi connectivity index (χ3n) is 3.89. The van der Waals surface area contributed by atoms with Crippen LogP contribution in [0.3, 0.4) is 0 Å². The number of aromatic nitrogens is 2. The normalized spacial score (nSPS) is 14.1. The van der Waals surface area contributed by atoms with Crippen molar-refractivity contribution < 1.29 is 4.79 Å². The van der Waals surface area contributed by atoms with Crippen LogP contribution in [-0.4, -0.2) is 15.3 Å². The van der Waals surface area contributed by atoms with Crippen molar-refractivity contribution in [2.24, 2.45) is 0 Å². The van der Waals surface area contributed by atoms with Crippen molar-refractivity contribution in [3.05, 3.63) is 51.5 Å². The minimum atomic E-state index is 0.145. The number of aryl methyl sites for hydroxylation is 2. The van der Waals surface area contributed by atoms with Crippen LogP contribution in [-0.2, 0) is 19.4 Å². The second-order valence-electron chi connectivity index (χ2n) is 5.28. The summed E-state index contributed by atoms with van der Waals surface area (Å²) in [4.78, 5) is 17.0. The number of ketones is 1. The van der Waals surface area contributed by atoms with Crippen LogP contribution in [0.15, 0.2) is 28.7 Å². The lowest BCUT2D eigenvalue weighted by molar-refractivity contribution is 0.0970. The van der Waals surface area contributed by atoms with E-state index in [9.17, 15) is 4.79 Å². The highest BCUT2D eigenvalue weighted by atomic mass is 79.9. The molecule has 1 aliphatic rings. The Morgan fingerprint density at radius 2 is 1.95 bits per heavy atom. The summed E-state index contributed by atoms with van der Waals surface area (Å²) in [7, 11) is 0. The van der Waals surface area contributed by atoms with Crippen LogP contribution in [0.1, 0.15) is 40.4 Å². The molecule has 4 heteroatoms. The second-order valence-corrected chi connectivity index (χ2v) is 6.19. The zero-order chi connectivity index (χ0) is 14.1. The molecule has 2 aromatic rings. The van der Waals surface area contributed by atoms with Gasteiger partial charge in [0, 0.05) is 15.7 Å². The SMILES string of the molecule is Cc1nc2c(n1CC(=O)c1ccc(Br)cc1)CCCC2. The number of halogens is 1. The Morgan fingerprint density at radius 3 is 2.70 bits per heavy atom. The summed E-state index contributed by atoms with van der Waals surface area (Å²) in [6.45, 7) is 2.39. The number of hydrogen-bond acceptors (Lipinski definition) is 2. The first-order valence-electron chi connectivity index (χ1n) is 6.99. The first kappa shape index (κ1) is 13.6. The summed E-state index contributed by atoms with van der Waals surface area (Å²) >= 11 is 3.39. The maximum atomic E-state index is 12.4. The number of carbonyl (C=O) groups is 1. The van der Waals surface area contributed by atoms with Crippen molar-refractivity contribution in [2.75, 3.05) is 0 Å². The Hall–Kier alpha value is -1.42. The van der Waals surface area contributed by atoms with Gasteiger partial charge in [-0.25, -0.2) is 4.98 Å². The molecule has 104 valence electrons. The minimum absolute atomic E-state index is 0.145. The number of fused-ring (bicyclic) bond motifs is 1. The number of carbonyl (C=O) groups excluding carboxylic acids is 1. The van der Waals surface area contributed by atoms with E-state index in [1.165, 1.54) is 24.2 Å². The summed E-state index contributed by atoms with van der Waals surface area (Å²) in [6.07, 6.45) is 4.51. The van der Waals surface area contributed by atoms with Gasteiger partial charge in [-0.15, -0.1) is 0 Å². The maximum absolute atomic E-state index is 12.4. The predicted molar refractivity (Wildman–Crippen MR) is 82.1 cm³/mol. The highest BCUT2D eigenvalue weighted by Crippen LogP contribution is 2.22. The van der Waals surface area contributed by atoms with E-state index in [0.717, 1.165) is 28.7 Å². The van der Waals surface area contributed by atoms with Gasteiger partial charge in [0.2, 0.25) is 0 Å². The quantitative estimate of drug-likeness (QED) is 0.803. The second kappa shape index (κ2) is 5.52. The number of hydrogen-bond donors (Lipinski definition) is 0. The van der Waals surface area contributed by atoms with E-state index in [0.29, 0.717) is 6.54 Å². The third kappa shape index (κ3) is 2.57. The number of Topliss-reactive ketones (excluding diaryl/α,β-unsaturated/α-hetero) is 1. The van der Waals surface area contributed by atoms with E-state index in [2.05, 4.69) is 25.5 Å². The van der Waals surface area contributed by atoms with Crippen LogP contribution >= 0.6 is 15.9 Å². The molecule has 0 atom stereocenters. The van der Waals surface area contributed by atoms with E-state index in [1.54, 1.807) is 0 Å². The van der Waals surface area contributed by atoms with Gasteiger partial charge in [-0.3, -0.25) is 4.79 Å². The van der Waals surface area contributed by atoms with Gasteiger partial charge in [-0.05, 0) is 44.7 Å². The van der Waals surface area contributed by atoms with E-state index in [1.807, 2.05) is 31.2 Å². The molecule has 0 N–H and O–H groups in total. The molecule has 1 aliphatic carbocycles. The average molecular weight is 333 g/mol. The Bertz CT molecular complexity index is 643. The molecular weight excluding hydrogens is 316 g/mol. The summed E-state index contributed by atoms with van der Waals surface area (Å²) in [6, 6.07) is 7.54. The summed E-state index contributed by atoms with van der Waals surface area (Å²) in [5.74, 6) is 1.11. The van der Waals surface area contributed by atoms with Crippen molar-refractivity contribution in [3.63, 3.8) is 0 Å². The topological polar surface area (TPSA) is 34.9 Å². The lowest BCUT2D eigenvalue weighted by Gasteiger charge is -2.14. The van der Waals surface area contributed by atoms with Crippen molar-refractivity contribution in [1.29, 1.82) is 0 Å². The molecule has 3 rings (SSSR count). The van der Waals surface area contributed by atoms with Gasteiger partial charge in [-0.2, -0.15) is 0 Å². The van der Waals surface area contributed by atoms with Crippen LogP contribution in [0, 0.1) is 6.92 Å². The summed E-state index contributed by atoms with van der Waals surface area (Å²) < 4.78 is 3.09. The molecule has 0 saturated heterocycles. The third-order valence-corrected chi connectivity index (χ3v) is 4.42. The smallest absolute Gasteiger partial charge is 0.182 e. The molecule has 0 unspecified atom stereocenters. The van der Waals surface area contributed by atoms with Crippen LogP contribution in [0.25, 0.3) is 0 Å². The highest BCUT2D eigenvalue weighted by molar-refractivity contribution is 9.10. The molecule has 3 nitrogen and oxygen atoms in total. The lowest BCUT2D eigenvalue weighted by Crippen LogP contribution is -2.16. The van der Waals surface area contributed by atoms with E-state index >= 15 is 0 Å². The van der Waals surface area contributed by atoms with Gasteiger partial charge in [0.15, 0.2) is 5.78 Å². The van der Waals surface area contributed by atoms with Crippen LogP contribution in [0.2, 0.25) is 0 Å². The molecule has 20 heavy (non-hydrogen) atoms. The number of benzene rings is 1. The zero-order valence-electron chi connectivity index (χ0n) is 11.5. The first-order chi connectivity index (χ1) is 9.65. The molecule has 0 saturated carbocycles. The van der Waals surface area contributed by atoms with Crippen molar-refractivity contribution >= 4 is 21.7 Å². The molecular formula is C16H17BrN2O. The van der Waals surface area contributed by atoms with Gasteiger partial charge in [0.25, 0.3) is 0 Å². The lowest BCUT2D eigenvalue weighted by atomic mass is 10.0. The van der Waals surface area contributed by atoms with E-state index in [-0.39, 0.29) is 5.78 Å². The molecule has 0 amide bonds. The zero-order valence-corrected chi connectivity index (χ0v) is 13.1. The highest BCUT2D eigenvalue weighted by Gasteiger charge is 2.19. The van der Waals surface area contributed by atoms with Crippen molar-refractivity contribution in [3.8, 4) is 0 Å². The monoisotopic (exact) mass is 332 g/mol. The molecule has 0 fully saturated rings. The summed E-state index contributed by atoms with van der Waals surface area (Å²) in [5, 5.41) is 0. The average Bonchev–Trinajstić information content (AvgIpc) is 2.76. The van der Waals surface area contributed by atoms with Crippen LogP contribution in [0.4, 0.5) is 0 Å². The van der Waals surface area contributed by atoms with Gasteiger partial charge in [0.1, 0.15) is 5.82 Å². The largest absolute Gasteiger partial charge is 0.324 e. The van der Waals surface area contributed by atoms with Crippen molar-refractivity contribution in [1.82, 2.24) is 9.55 Å². The Kier molecular flexibility index (Phi) is 3.74. The molecule has 0 spiro atoms. The van der Waals surface area contributed by atoms with Gasteiger partial charge in [-0.1, -0.05) is 28.1 Å².